The fraction of sp³-hybridized carbons (Fsp3) is 0.467. The molecule has 0 saturated heterocycles. The van der Waals surface area contributed by atoms with E-state index in [-0.39, 0.29) is 23.1 Å². The molecule has 5 nitrogen and oxygen atoms in total. The molecule has 0 bridgehead atoms. The molecule has 0 aromatic heterocycles. The molecule has 6 heteroatoms. The molecular formula is C15H21FN2O3. The predicted molar refractivity (Wildman–Crippen MR) is 77.8 cm³/mol. The van der Waals surface area contributed by atoms with Crippen molar-refractivity contribution in [2.24, 2.45) is 0 Å². The lowest BCUT2D eigenvalue weighted by Gasteiger charge is -2.09. The normalized spacial score (nSPS) is 10.5. The summed E-state index contributed by atoms with van der Waals surface area (Å²) >= 11 is 0. The number of benzene rings is 1. The Kier molecular flexibility index (Phi) is 6.81. The van der Waals surface area contributed by atoms with Crippen molar-refractivity contribution < 1.29 is 18.7 Å². The average Bonchev–Trinajstić information content (AvgIpc) is 2.45. The van der Waals surface area contributed by atoms with Crippen LogP contribution in [-0.4, -0.2) is 38.1 Å². The molecule has 0 radical (unpaired) electrons. The van der Waals surface area contributed by atoms with Gasteiger partial charge in [-0.3, -0.25) is 9.59 Å². The standard InChI is InChI=1S/C15H21FN2O3/c1-10(2)21-8-4-7-18-14(19)11-5-6-12(13(16)9-11)15(20)17-3/h5-6,9-10H,4,7-8H2,1-3H3,(H,17,20)(H,18,19). The lowest BCUT2D eigenvalue weighted by molar-refractivity contribution is 0.0756. The van der Waals surface area contributed by atoms with Gasteiger partial charge in [-0.15, -0.1) is 0 Å². The Morgan fingerprint density at radius 1 is 1.29 bits per heavy atom. The maximum atomic E-state index is 13.7. The molecule has 0 aliphatic carbocycles. The van der Waals surface area contributed by atoms with Gasteiger partial charge in [0, 0.05) is 25.8 Å². The molecule has 116 valence electrons. The van der Waals surface area contributed by atoms with Gasteiger partial charge >= 0.3 is 0 Å². The van der Waals surface area contributed by atoms with Crippen molar-refractivity contribution in [1.29, 1.82) is 0 Å². The number of amides is 2. The monoisotopic (exact) mass is 296 g/mol. The highest BCUT2D eigenvalue weighted by Crippen LogP contribution is 2.10. The number of rotatable bonds is 7. The largest absolute Gasteiger partial charge is 0.379 e. The van der Waals surface area contributed by atoms with E-state index in [0.29, 0.717) is 19.6 Å². The maximum absolute atomic E-state index is 13.7. The quantitative estimate of drug-likeness (QED) is 0.753. The highest BCUT2D eigenvalue weighted by molar-refractivity contribution is 5.97. The molecule has 0 fully saturated rings. The van der Waals surface area contributed by atoms with Crippen molar-refractivity contribution in [2.45, 2.75) is 26.4 Å². The van der Waals surface area contributed by atoms with E-state index < -0.39 is 11.7 Å². The summed E-state index contributed by atoms with van der Waals surface area (Å²) < 4.78 is 19.1. The summed E-state index contributed by atoms with van der Waals surface area (Å²) in [5.74, 6) is -1.61. The Balaban J connectivity index is 2.51. The third-order valence-electron chi connectivity index (χ3n) is 2.76. The fourth-order valence-corrected chi connectivity index (χ4v) is 1.67. The number of hydrogen-bond donors (Lipinski definition) is 2. The summed E-state index contributed by atoms with van der Waals surface area (Å²) in [4.78, 5) is 23.2. The Morgan fingerprint density at radius 3 is 2.57 bits per heavy atom. The van der Waals surface area contributed by atoms with E-state index in [1.807, 2.05) is 13.8 Å². The van der Waals surface area contributed by atoms with Crippen molar-refractivity contribution in [3.8, 4) is 0 Å². The molecule has 1 rings (SSSR count). The predicted octanol–water partition coefficient (Wildman–Crippen LogP) is 1.73. The van der Waals surface area contributed by atoms with Gasteiger partial charge in [-0.2, -0.15) is 0 Å². The summed E-state index contributed by atoms with van der Waals surface area (Å²) in [5, 5.41) is 5.01. The first-order valence-corrected chi connectivity index (χ1v) is 6.87. The van der Waals surface area contributed by atoms with Crippen LogP contribution in [0.5, 0.6) is 0 Å². The Morgan fingerprint density at radius 2 is 2.00 bits per heavy atom. The van der Waals surface area contributed by atoms with Gasteiger partial charge in [0.1, 0.15) is 5.82 Å². The van der Waals surface area contributed by atoms with Crippen molar-refractivity contribution in [2.75, 3.05) is 20.2 Å². The molecule has 2 amide bonds. The van der Waals surface area contributed by atoms with Crippen molar-refractivity contribution in [3.05, 3.63) is 35.1 Å². The number of nitrogens with one attached hydrogen (secondary N) is 2. The van der Waals surface area contributed by atoms with Gasteiger partial charge in [0.2, 0.25) is 0 Å². The lowest BCUT2D eigenvalue weighted by atomic mass is 10.1. The number of halogens is 1. The SMILES string of the molecule is CNC(=O)c1ccc(C(=O)NCCCOC(C)C)cc1F. The molecule has 0 aliphatic rings. The van der Waals surface area contributed by atoms with Crippen molar-refractivity contribution >= 4 is 11.8 Å². The van der Waals surface area contributed by atoms with Crippen LogP contribution in [0, 0.1) is 5.82 Å². The van der Waals surface area contributed by atoms with E-state index in [2.05, 4.69) is 10.6 Å². The van der Waals surface area contributed by atoms with E-state index >= 15 is 0 Å². The number of carbonyl (C=O) groups is 2. The van der Waals surface area contributed by atoms with Gasteiger partial charge in [-0.25, -0.2) is 4.39 Å². The molecule has 1 aromatic carbocycles. The summed E-state index contributed by atoms with van der Waals surface area (Å²) in [5.41, 5.74) is 0.101. The van der Waals surface area contributed by atoms with Crippen LogP contribution < -0.4 is 10.6 Å². The second kappa shape index (κ2) is 8.36. The molecule has 0 spiro atoms. The van der Waals surface area contributed by atoms with Gasteiger partial charge in [-0.05, 0) is 38.5 Å². The molecule has 2 N–H and O–H groups in total. The van der Waals surface area contributed by atoms with Crippen LogP contribution in [0.4, 0.5) is 4.39 Å². The maximum Gasteiger partial charge on any atom is 0.253 e. The molecule has 0 aliphatic heterocycles. The van der Waals surface area contributed by atoms with Gasteiger partial charge in [0.15, 0.2) is 0 Å². The van der Waals surface area contributed by atoms with E-state index in [9.17, 15) is 14.0 Å². The topological polar surface area (TPSA) is 67.4 Å². The molecule has 0 saturated carbocycles. The van der Waals surface area contributed by atoms with Crippen LogP contribution in [0.15, 0.2) is 18.2 Å². The first-order valence-electron chi connectivity index (χ1n) is 6.87. The summed E-state index contributed by atoms with van der Waals surface area (Å²) in [6.07, 6.45) is 0.843. The van der Waals surface area contributed by atoms with Crippen LogP contribution in [-0.2, 0) is 4.74 Å². The number of ether oxygens (including phenoxy) is 1. The first kappa shape index (κ1) is 17.1. The van der Waals surface area contributed by atoms with E-state index in [0.717, 1.165) is 6.07 Å². The lowest BCUT2D eigenvalue weighted by Crippen LogP contribution is -2.26. The Labute approximate surface area is 123 Å². The van der Waals surface area contributed by atoms with Gasteiger partial charge < -0.3 is 15.4 Å². The molecular weight excluding hydrogens is 275 g/mol. The zero-order valence-corrected chi connectivity index (χ0v) is 12.5. The molecule has 21 heavy (non-hydrogen) atoms. The van der Waals surface area contributed by atoms with Crippen LogP contribution in [0.2, 0.25) is 0 Å². The van der Waals surface area contributed by atoms with Crippen LogP contribution >= 0.6 is 0 Å². The van der Waals surface area contributed by atoms with E-state index in [1.54, 1.807) is 0 Å². The van der Waals surface area contributed by atoms with Gasteiger partial charge in [0.05, 0.1) is 11.7 Å². The molecule has 1 aromatic rings. The van der Waals surface area contributed by atoms with Crippen LogP contribution in [0.25, 0.3) is 0 Å². The van der Waals surface area contributed by atoms with E-state index in [4.69, 9.17) is 4.74 Å². The second-order valence-corrected chi connectivity index (χ2v) is 4.80. The highest BCUT2D eigenvalue weighted by Gasteiger charge is 2.13. The second-order valence-electron chi connectivity index (χ2n) is 4.80. The molecule has 0 heterocycles. The average molecular weight is 296 g/mol. The van der Waals surface area contributed by atoms with Gasteiger partial charge in [-0.1, -0.05) is 0 Å². The molecule has 0 atom stereocenters. The number of carbonyl (C=O) groups excluding carboxylic acids is 2. The Hall–Kier alpha value is -1.95. The summed E-state index contributed by atoms with van der Waals surface area (Å²) in [7, 11) is 1.42. The van der Waals surface area contributed by atoms with E-state index in [1.165, 1.54) is 19.2 Å². The van der Waals surface area contributed by atoms with Crippen molar-refractivity contribution in [3.63, 3.8) is 0 Å². The fourth-order valence-electron chi connectivity index (χ4n) is 1.67. The minimum Gasteiger partial charge on any atom is -0.379 e. The third kappa shape index (κ3) is 5.51. The first-order chi connectivity index (χ1) is 9.95. The Bertz CT molecular complexity index is 504. The zero-order chi connectivity index (χ0) is 15.8. The number of hydrogen-bond acceptors (Lipinski definition) is 3. The highest BCUT2D eigenvalue weighted by atomic mass is 19.1. The summed E-state index contributed by atoms with van der Waals surface area (Å²) in [6.45, 7) is 4.89. The minimum atomic E-state index is -0.717. The van der Waals surface area contributed by atoms with Crippen molar-refractivity contribution in [1.82, 2.24) is 10.6 Å². The minimum absolute atomic E-state index is 0.0839. The van der Waals surface area contributed by atoms with Crippen LogP contribution in [0.1, 0.15) is 41.0 Å². The smallest absolute Gasteiger partial charge is 0.253 e. The van der Waals surface area contributed by atoms with Gasteiger partial charge in [0.25, 0.3) is 11.8 Å². The third-order valence-corrected chi connectivity index (χ3v) is 2.76. The molecule has 0 unspecified atom stereocenters. The summed E-state index contributed by atoms with van der Waals surface area (Å²) in [6, 6.07) is 3.78. The van der Waals surface area contributed by atoms with Crippen LogP contribution in [0.3, 0.4) is 0 Å². The zero-order valence-electron chi connectivity index (χ0n) is 12.5.